The highest BCUT2D eigenvalue weighted by Crippen LogP contribution is 2.50. The number of benzene rings is 4. The van der Waals surface area contributed by atoms with Crippen molar-refractivity contribution in [3.8, 4) is 33.4 Å². The molecule has 0 radical (unpaired) electrons. The quantitative estimate of drug-likeness (QED) is 0.323. The average molecular weight is 399 g/mol. The molecule has 0 nitrogen and oxygen atoms in total. The first kappa shape index (κ1) is 19.3. The van der Waals surface area contributed by atoms with Crippen molar-refractivity contribution in [3.63, 3.8) is 0 Å². The van der Waals surface area contributed by atoms with Gasteiger partial charge in [0.15, 0.2) is 0 Å². The second-order valence-corrected chi connectivity index (χ2v) is 8.80. The van der Waals surface area contributed by atoms with Gasteiger partial charge in [0.25, 0.3) is 0 Å². The summed E-state index contributed by atoms with van der Waals surface area (Å²) in [5, 5.41) is 0. The van der Waals surface area contributed by atoms with Crippen LogP contribution in [-0.4, -0.2) is 0 Å². The van der Waals surface area contributed by atoms with Gasteiger partial charge in [0, 0.05) is 5.41 Å². The summed E-state index contributed by atoms with van der Waals surface area (Å²) < 4.78 is 0. The van der Waals surface area contributed by atoms with Crippen molar-refractivity contribution in [2.24, 2.45) is 0 Å². The molecule has 4 aromatic carbocycles. The van der Waals surface area contributed by atoms with Crippen molar-refractivity contribution in [2.75, 3.05) is 0 Å². The van der Waals surface area contributed by atoms with Gasteiger partial charge in [-0.05, 0) is 67.8 Å². The molecule has 1 aliphatic rings. The highest BCUT2D eigenvalue weighted by Gasteiger charge is 2.35. The van der Waals surface area contributed by atoms with E-state index in [0.29, 0.717) is 0 Å². The van der Waals surface area contributed by atoms with Gasteiger partial charge in [0.05, 0.1) is 0 Å². The van der Waals surface area contributed by atoms with Gasteiger partial charge < -0.3 is 0 Å². The van der Waals surface area contributed by atoms with Gasteiger partial charge in [-0.2, -0.15) is 0 Å². The minimum atomic E-state index is -0.0429. The van der Waals surface area contributed by atoms with E-state index in [2.05, 4.69) is 112 Å². The Labute approximate surface area is 185 Å². The number of rotatable bonds is 4. The fraction of sp³-hybridized carbons (Fsp3) is 0.0968. The van der Waals surface area contributed by atoms with Gasteiger partial charge in [0.2, 0.25) is 0 Å². The molecule has 0 saturated heterocycles. The maximum atomic E-state index is 3.86. The molecular formula is C31H26. The van der Waals surface area contributed by atoms with Crippen LogP contribution in [0.15, 0.2) is 98.1 Å². The highest BCUT2D eigenvalue weighted by atomic mass is 14.4. The molecule has 0 atom stereocenters. The summed E-state index contributed by atoms with van der Waals surface area (Å²) in [5.74, 6) is 0. The van der Waals surface area contributed by atoms with Crippen LogP contribution < -0.4 is 0 Å². The maximum Gasteiger partial charge on any atom is 0.0159 e. The predicted molar refractivity (Wildman–Crippen MR) is 135 cm³/mol. The van der Waals surface area contributed by atoms with E-state index in [1.54, 1.807) is 0 Å². The third-order valence-corrected chi connectivity index (χ3v) is 6.64. The van der Waals surface area contributed by atoms with E-state index in [0.717, 1.165) is 11.1 Å². The van der Waals surface area contributed by atoms with Crippen LogP contribution in [0.2, 0.25) is 0 Å². The first-order valence-corrected chi connectivity index (χ1v) is 10.8. The highest BCUT2D eigenvalue weighted by molar-refractivity contribution is 5.86. The van der Waals surface area contributed by atoms with Crippen molar-refractivity contribution in [3.05, 3.63) is 120 Å². The maximum absolute atomic E-state index is 3.86. The molecule has 0 heterocycles. The van der Waals surface area contributed by atoms with E-state index in [1.807, 2.05) is 12.2 Å². The van der Waals surface area contributed by atoms with Crippen LogP contribution >= 0.6 is 0 Å². The van der Waals surface area contributed by atoms with Crippen LogP contribution in [0.1, 0.15) is 36.1 Å². The molecule has 0 fully saturated rings. The molecule has 150 valence electrons. The fourth-order valence-corrected chi connectivity index (χ4v) is 4.72. The van der Waals surface area contributed by atoms with Gasteiger partial charge in [-0.25, -0.2) is 0 Å². The van der Waals surface area contributed by atoms with Crippen LogP contribution in [0.25, 0.3) is 45.5 Å². The largest absolute Gasteiger partial charge is 0.0985 e. The van der Waals surface area contributed by atoms with Gasteiger partial charge in [0.1, 0.15) is 0 Å². The summed E-state index contributed by atoms with van der Waals surface area (Å²) in [6.45, 7) is 12.4. The third-order valence-electron chi connectivity index (χ3n) is 6.64. The normalized spacial score (nSPS) is 13.4. The van der Waals surface area contributed by atoms with Crippen molar-refractivity contribution in [2.45, 2.75) is 19.3 Å². The zero-order valence-electron chi connectivity index (χ0n) is 18.2. The van der Waals surface area contributed by atoms with Crippen molar-refractivity contribution >= 4 is 12.2 Å². The summed E-state index contributed by atoms with van der Waals surface area (Å²) in [6, 6.07) is 31.0. The van der Waals surface area contributed by atoms with E-state index < -0.39 is 0 Å². The molecule has 0 unspecified atom stereocenters. The molecule has 0 saturated carbocycles. The summed E-state index contributed by atoms with van der Waals surface area (Å²) in [5.41, 5.74) is 12.7. The molecule has 0 amide bonds. The monoisotopic (exact) mass is 398 g/mol. The van der Waals surface area contributed by atoms with Crippen LogP contribution in [0.5, 0.6) is 0 Å². The molecule has 0 N–H and O–H groups in total. The average Bonchev–Trinajstić information content (AvgIpc) is 3.05. The molecule has 5 rings (SSSR count). The molecule has 1 aliphatic carbocycles. The van der Waals surface area contributed by atoms with E-state index >= 15 is 0 Å². The zero-order valence-corrected chi connectivity index (χ0v) is 18.2. The Hall–Kier alpha value is -3.64. The Bertz CT molecular complexity index is 1200. The number of hydrogen-bond donors (Lipinski definition) is 0. The Morgan fingerprint density at radius 2 is 0.871 bits per heavy atom. The number of fused-ring (bicyclic) bond motifs is 3. The number of hydrogen-bond acceptors (Lipinski definition) is 0. The van der Waals surface area contributed by atoms with Crippen molar-refractivity contribution < 1.29 is 0 Å². The minimum absolute atomic E-state index is 0.0429. The lowest BCUT2D eigenvalue weighted by Crippen LogP contribution is -2.15. The lowest BCUT2D eigenvalue weighted by atomic mass is 9.81. The Kier molecular flexibility index (Phi) is 4.52. The topological polar surface area (TPSA) is 0 Å². The van der Waals surface area contributed by atoms with E-state index in [4.69, 9.17) is 0 Å². The van der Waals surface area contributed by atoms with Gasteiger partial charge in [-0.1, -0.05) is 112 Å². The summed E-state index contributed by atoms with van der Waals surface area (Å²) in [7, 11) is 0. The van der Waals surface area contributed by atoms with E-state index in [1.165, 1.54) is 44.5 Å². The van der Waals surface area contributed by atoms with Crippen LogP contribution in [0, 0.1) is 0 Å². The van der Waals surface area contributed by atoms with Gasteiger partial charge >= 0.3 is 0 Å². The van der Waals surface area contributed by atoms with Crippen LogP contribution in [0.3, 0.4) is 0 Å². The van der Waals surface area contributed by atoms with Gasteiger partial charge in [-0.3, -0.25) is 0 Å². The predicted octanol–water partition coefficient (Wildman–Crippen LogP) is 8.61. The van der Waals surface area contributed by atoms with E-state index in [-0.39, 0.29) is 5.41 Å². The molecule has 0 aliphatic heterocycles. The SMILES string of the molecule is C=Cc1ccc(-c2ccc3c(c2)C(C)(C)c2cc(-c4ccc(C=C)cc4)ccc2-3)cc1. The summed E-state index contributed by atoms with van der Waals surface area (Å²) in [6.07, 6.45) is 3.77. The van der Waals surface area contributed by atoms with Crippen molar-refractivity contribution in [1.82, 2.24) is 0 Å². The molecular weight excluding hydrogens is 372 g/mol. The Morgan fingerprint density at radius 1 is 0.516 bits per heavy atom. The molecule has 0 heteroatoms. The molecule has 0 aromatic heterocycles. The fourth-order valence-electron chi connectivity index (χ4n) is 4.72. The lowest BCUT2D eigenvalue weighted by Gasteiger charge is -2.22. The molecule has 4 aromatic rings. The van der Waals surface area contributed by atoms with Crippen LogP contribution in [0.4, 0.5) is 0 Å². The summed E-state index contributed by atoms with van der Waals surface area (Å²) in [4.78, 5) is 0. The Balaban J connectivity index is 1.57. The zero-order chi connectivity index (χ0) is 21.6. The molecule has 0 spiro atoms. The van der Waals surface area contributed by atoms with Gasteiger partial charge in [-0.15, -0.1) is 0 Å². The summed E-state index contributed by atoms with van der Waals surface area (Å²) >= 11 is 0. The first-order valence-electron chi connectivity index (χ1n) is 10.8. The standard InChI is InChI=1S/C31H26/c1-5-21-7-11-23(12-8-21)25-15-17-27-28-18-16-26(24-13-9-22(6-2)10-14-24)20-30(28)31(3,4)29(27)19-25/h5-20H,1-2H2,3-4H3. The van der Waals surface area contributed by atoms with E-state index in [9.17, 15) is 0 Å². The Morgan fingerprint density at radius 3 is 1.23 bits per heavy atom. The molecule has 31 heavy (non-hydrogen) atoms. The first-order chi connectivity index (χ1) is 15.0. The van der Waals surface area contributed by atoms with Crippen LogP contribution in [-0.2, 0) is 5.41 Å². The molecule has 0 bridgehead atoms. The second-order valence-electron chi connectivity index (χ2n) is 8.80. The smallest absolute Gasteiger partial charge is 0.0159 e. The lowest BCUT2D eigenvalue weighted by molar-refractivity contribution is 0.661. The second kappa shape index (κ2) is 7.25. The van der Waals surface area contributed by atoms with Crippen molar-refractivity contribution in [1.29, 1.82) is 0 Å². The minimum Gasteiger partial charge on any atom is -0.0985 e. The third kappa shape index (κ3) is 3.16.